The van der Waals surface area contributed by atoms with Crippen LogP contribution in [-0.4, -0.2) is 46.5 Å². The van der Waals surface area contributed by atoms with Gasteiger partial charge in [-0.2, -0.15) is 0 Å². The Morgan fingerprint density at radius 3 is 2.68 bits per heavy atom. The van der Waals surface area contributed by atoms with Crippen molar-refractivity contribution in [3.8, 4) is 5.75 Å². The Kier molecular flexibility index (Phi) is 6.35. The van der Waals surface area contributed by atoms with Gasteiger partial charge in [0, 0.05) is 19.0 Å². The minimum absolute atomic E-state index is 0.000781. The molecule has 1 saturated heterocycles. The zero-order valence-electron chi connectivity index (χ0n) is 19.1. The van der Waals surface area contributed by atoms with Crippen molar-refractivity contribution in [2.75, 3.05) is 20.2 Å². The van der Waals surface area contributed by atoms with Crippen LogP contribution in [0.15, 0.2) is 53.4 Å². The standard InChI is InChI=1S/C25H28N4O5/c1-32-19-6-4-17(5-7-19)22-14-29-16-27-23(21(29)15-34-22)25(31)28-10-8-18(9-11-28)24(30)26-13-20-3-2-12-33-20/h2-7,12,16,18,22H,8-11,13-15H2,1H3,(H,26,30)/t22-/m0/s1. The van der Waals surface area contributed by atoms with Crippen LogP contribution in [0.5, 0.6) is 5.75 Å². The number of piperidine rings is 1. The molecule has 0 bridgehead atoms. The number of ether oxygens (including phenoxy) is 2. The van der Waals surface area contributed by atoms with E-state index in [1.54, 1.807) is 30.7 Å². The maximum Gasteiger partial charge on any atom is 0.274 e. The maximum atomic E-state index is 13.2. The number of rotatable bonds is 6. The van der Waals surface area contributed by atoms with Gasteiger partial charge in [0.1, 0.15) is 17.6 Å². The fourth-order valence-corrected chi connectivity index (χ4v) is 4.55. The number of methoxy groups -OCH3 is 1. The first-order chi connectivity index (χ1) is 16.6. The smallest absolute Gasteiger partial charge is 0.274 e. The van der Waals surface area contributed by atoms with Crippen molar-refractivity contribution < 1.29 is 23.5 Å². The van der Waals surface area contributed by atoms with E-state index in [1.807, 2.05) is 34.9 Å². The summed E-state index contributed by atoms with van der Waals surface area (Å²) in [7, 11) is 1.64. The highest BCUT2D eigenvalue weighted by atomic mass is 16.5. The van der Waals surface area contributed by atoms with Crippen LogP contribution in [0.4, 0.5) is 0 Å². The van der Waals surface area contributed by atoms with Crippen LogP contribution in [0.2, 0.25) is 0 Å². The summed E-state index contributed by atoms with van der Waals surface area (Å²) >= 11 is 0. The number of carbonyl (C=O) groups excluding carboxylic acids is 2. The summed E-state index contributed by atoms with van der Waals surface area (Å²) < 4.78 is 18.6. The molecule has 0 unspecified atom stereocenters. The van der Waals surface area contributed by atoms with E-state index in [1.165, 1.54) is 0 Å². The van der Waals surface area contributed by atoms with Crippen LogP contribution in [0, 0.1) is 5.92 Å². The molecule has 1 atom stereocenters. The summed E-state index contributed by atoms with van der Waals surface area (Å²) in [5, 5.41) is 2.92. The van der Waals surface area contributed by atoms with Crippen molar-refractivity contribution in [3.63, 3.8) is 0 Å². The van der Waals surface area contributed by atoms with Gasteiger partial charge in [0.2, 0.25) is 5.91 Å². The van der Waals surface area contributed by atoms with E-state index in [0.717, 1.165) is 22.8 Å². The quantitative estimate of drug-likeness (QED) is 0.602. The molecule has 0 aliphatic carbocycles. The lowest BCUT2D eigenvalue weighted by Crippen LogP contribution is -2.43. The van der Waals surface area contributed by atoms with Gasteiger partial charge in [-0.1, -0.05) is 12.1 Å². The molecule has 2 amide bonds. The number of fused-ring (bicyclic) bond motifs is 1. The molecule has 1 N–H and O–H groups in total. The van der Waals surface area contributed by atoms with Gasteiger partial charge >= 0.3 is 0 Å². The van der Waals surface area contributed by atoms with E-state index in [9.17, 15) is 9.59 Å². The molecule has 9 heteroatoms. The monoisotopic (exact) mass is 464 g/mol. The predicted molar refractivity (Wildman–Crippen MR) is 122 cm³/mol. The van der Waals surface area contributed by atoms with E-state index in [2.05, 4.69) is 10.3 Å². The number of amides is 2. The number of imidazole rings is 1. The van der Waals surface area contributed by atoms with Crippen LogP contribution in [0.1, 0.15) is 46.5 Å². The van der Waals surface area contributed by atoms with Crippen molar-refractivity contribution in [2.45, 2.75) is 38.6 Å². The molecule has 4 heterocycles. The first kappa shape index (κ1) is 22.2. The number of nitrogens with one attached hydrogen (secondary N) is 1. The molecular formula is C25H28N4O5. The number of likely N-dealkylation sites (tertiary alicyclic amines) is 1. The fraction of sp³-hybridized carbons (Fsp3) is 0.400. The lowest BCUT2D eigenvalue weighted by atomic mass is 9.95. The van der Waals surface area contributed by atoms with Gasteiger partial charge in [0.25, 0.3) is 5.91 Å². The number of furan rings is 1. The second kappa shape index (κ2) is 9.72. The molecule has 1 aromatic carbocycles. The van der Waals surface area contributed by atoms with E-state index < -0.39 is 0 Å². The molecule has 2 aromatic heterocycles. The Labute approximate surface area is 197 Å². The summed E-state index contributed by atoms with van der Waals surface area (Å²) in [4.78, 5) is 31.9. The number of carbonyl (C=O) groups is 2. The highest BCUT2D eigenvalue weighted by molar-refractivity contribution is 5.93. The van der Waals surface area contributed by atoms with Crippen molar-refractivity contribution in [1.82, 2.24) is 19.8 Å². The largest absolute Gasteiger partial charge is 0.497 e. The second-order valence-corrected chi connectivity index (χ2v) is 8.63. The summed E-state index contributed by atoms with van der Waals surface area (Å²) in [6.45, 7) is 2.35. The summed E-state index contributed by atoms with van der Waals surface area (Å²) in [6, 6.07) is 11.4. The molecule has 34 heavy (non-hydrogen) atoms. The lowest BCUT2D eigenvalue weighted by Gasteiger charge is -2.31. The predicted octanol–water partition coefficient (Wildman–Crippen LogP) is 2.92. The highest BCUT2D eigenvalue weighted by Crippen LogP contribution is 2.30. The van der Waals surface area contributed by atoms with Crippen LogP contribution >= 0.6 is 0 Å². The number of benzene rings is 1. The average molecular weight is 465 g/mol. The van der Waals surface area contributed by atoms with E-state index in [0.29, 0.717) is 51.3 Å². The first-order valence-corrected chi connectivity index (χ1v) is 11.5. The molecule has 2 aliphatic heterocycles. The minimum Gasteiger partial charge on any atom is -0.497 e. The third-order valence-electron chi connectivity index (χ3n) is 6.59. The van der Waals surface area contributed by atoms with Gasteiger partial charge in [-0.15, -0.1) is 0 Å². The van der Waals surface area contributed by atoms with Crippen LogP contribution in [0.25, 0.3) is 0 Å². The molecule has 0 saturated carbocycles. The van der Waals surface area contributed by atoms with Crippen LogP contribution in [0.3, 0.4) is 0 Å². The van der Waals surface area contributed by atoms with Gasteiger partial charge in [-0.3, -0.25) is 9.59 Å². The number of aromatic nitrogens is 2. The highest BCUT2D eigenvalue weighted by Gasteiger charge is 2.32. The van der Waals surface area contributed by atoms with E-state index >= 15 is 0 Å². The zero-order chi connectivity index (χ0) is 23.5. The molecule has 0 spiro atoms. The Morgan fingerprint density at radius 2 is 1.97 bits per heavy atom. The Bertz CT molecular complexity index is 1130. The third-order valence-corrected chi connectivity index (χ3v) is 6.59. The van der Waals surface area contributed by atoms with E-state index in [-0.39, 0.29) is 23.8 Å². The number of nitrogens with zero attached hydrogens (tertiary/aromatic N) is 3. The van der Waals surface area contributed by atoms with Gasteiger partial charge < -0.3 is 28.7 Å². The topological polar surface area (TPSA) is 98.8 Å². The maximum absolute atomic E-state index is 13.2. The second-order valence-electron chi connectivity index (χ2n) is 8.63. The molecule has 9 nitrogen and oxygen atoms in total. The van der Waals surface area contributed by atoms with Crippen LogP contribution in [-0.2, 0) is 29.2 Å². The van der Waals surface area contributed by atoms with Crippen molar-refractivity contribution in [1.29, 1.82) is 0 Å². The van der Waals surface area contributed by atoms with Gasteiger partial charge in [-0.25, -0.2) is 4.98 Å². The van der Waals surface area contributed by atoms with Crippen molar-refractivity contribution in [3.05, 3.63) is 71.7 Å². The van der Waals surface area contributed by atoms with Crippen molar-refractivity contribution in [2.24, 2.45) is 5.92 Å². The van der Waals surface area contributed by atoms with Crippen LogP contribution < -0.4 is 10.1 Å². The molecular weight excluding hydrogens is 436 g/mol. The SMILES string of the molecule is COc1ccc([C@@H]2Cn3cnc(C(=O)N4CCC(C(=O)NCc5ccco5)CC4)c3CO2)cc1. The summed E-state index contributed by atoms with van der Waals surface area (Å²) in [5.41, 5.74) is 2.29. The van der Waals surface area contributed by atoms with Gasteiger partial charge in [-0.05, 0) is 42.7 Å². The normalized spacial score (nSPS) is 18.4. The Balaban J connectivity index is 1.16. The molecule has 2 aliphatic rings. The molecule has 3 aromatic rings. The van der Waals surface area contributed by atoms with Gasteiger partial charge in [0.05, 0.1) is 45.1 Å². The van der Waals surface area contributed by atoms with Gasteiger partial charge in [0.15, 0.2) is 5.69 Å². The van der Waals surface area contributed by atoms with Crippen molar-refractivity contribution >= 4 is 11.8 Å². The molecule has 1 fully saturated rings. The fourth-order valence-electron chi connectivity index (χ4n) is 4.55. The Morgan fingerprint density at radius 1 is 1.18 bits per heavy atom. The van der Waals surface area contributed by atoms with E-state index in [4.69, 9.17) is 13.9 Å². The zero-order valence-corrected chi connectivity index (χ0v) is 19.1. The number of hydrogen-bond acceptors (Lipinski definition) is 6. The molecule has 178 valence electrons. The summed E-state index contributed by atoms with van der Waals surface area (Å²) in [6.07, 6.45) is 4.45. The molecule has 5 rings (SSSR count). The Hall–Kier alpha value is -3.59. The number of hydrogen-bond donors (Lipinski definition) is 1. The first-order valence-electron chi connectivity index (χ1n) is 11.5. The summed E-state index contributed by atoms with van der Waals surface area (Å²) in [5.74, 6) is 1.32. The molecule has 0 radical (unpaired) electrons. The lowest BCUT2D eigenvalue weighted by molar-refractivity contribution is -0.126. The average Bonchev–Trinajstić information content (AvgIpc) is 3.56. The third kappa shape index (κ3) is 4.56. The minimum atomic E-state index is -0.108.